The van der Waals surface area contributed by atoms with E-state index in [0.717, 1.165) is 0 Å². The fourth-order valence-corrected chi connectivity index (χ4v) is 3.47. The fourth-order valence-electron chi connectivity index (χ4n) is 1.89. The van der Waals surface area contributed by atoms with Crippen molar-refractivity contribution in [2.24, 2.45) is 0 Å². The van der Waals surface area contributed by atoms with Gasteiger partial charge in [0.05, 0.1) is 12.4 Å². The molecule has 0 aliphatic rings. The Labute approximate surface area is 122 Å². The second kappa shape index (κ2) is 7.24. The molecule has 0 aliphatic heterocycles. The van der Waals surface area contributed by atoms with E-state index in [1.54, 1.807) is 19.1 Å². The number of sulfonamides is 1. The lowest BCUT2D eigenvalue weighted by Gasteiger charge is -2.23. The van der Waals surface area contributed by atoms with Gasteiger partial charge in [-0.25, -0.2) is 8.42 Å². The standard InChI is InChI=1S/C13H18F3NO3S/c1-2-6-17(10-13(14,15)16)21(19,20)9-12-5-3-4-11(7-12)8-18/h3-5,7,18H,2,6,8-10H2,1H3. The highest BCUT2D eigenvalue weighted by Crippen LogP contribution is 2.21. The first kappa shape index (κ1) is 17.9. The van der Waals surface area contributed by atoms with E-state index in [4.69, 9.17) is 5.11 Å². The van der Waals surface area contributed by atoms with E-state index >= 15 is 0 Å². The van der Waals surface area contributed by atoms with Gasteiger partial charge in [-0.15, -0.1) is 0 Å². The van der Waals surface area contributed by atoms with Crippen LogP contribution in [-0.4, -0.2) is 37.1 Å². The monoisotopic (exact) mass is 325 g/mol. The SMILES string of the molecule is CCCN(CC(F)(F)F)S(=O)(=O)Cc1cccc(CO)c1. The van der Waals surface area contributed by atoms with E-state index in [9.17, 15) is 21.6 Å². The molecule has 0 unspecified atom stereocenters. The Morgan fingerprint density at radius 2 is 1.86 bits per heavy atom. The van der Waals surface area contributed by atoms with Crippen LogP contribution in [0.25, 0.3) is 0 Å². The third kappa shape index (κ3) is 6.03. The zero-order chi connectivity index (χ0) is 16.1. The van der Waals surface area contributed by atoms with Crippen LogP contribution in [-0.2, 0) is 22.4 Å². The molecule has 0 bridgehead atoms. The number of benzene rings is 1. The Bertz CT molecular complexity index is 558. The number of rotatable bonds is 7. The van der Waals surface area contributed by atoms with E-state index in [2.05, 4.69) is 0 Å². The molecule has 0 radical (unpaired) electrons. The molecule has 8 heteroatoms. The lowest BCUT2D eigenvalue weighted by atomic mass is 10.1. The molecule has 21 heavy (non-hydrogen) atoms. The van der Waals surface area contributed by atoms with Gasteiger partial charge in [-0.05, 0) is 17.5 Å². The molecule has 0 aliphatic carbocycles. The van der Waals surface area contributed by atoms with Gasteiger partial charge in [0.1, 0.15) is 6.54 Å². The zero-order valence-corrected chi connectivity index (χ0v) is 12.4. The van der Waals surface area contributed by atoms with Crippen molar-refractivity contribution in [1.29, 1.82) is 0 Å². The summed E-state index contributed by atoms with van der Waals surface area (Å²) in [6.07, 6.45) is -4.28. The van der Waals surface area contributed by atoms with E-state index in [1.165, 1.54) is 12.1 Å². The Hall–Kier alpha value is -1.12. The minimum atomic E-state index is -4.57. The highest BCUT2D eigenvalue weighted by atomic mass is 32.2. The van der Waals surface area contributed by atoms with Crippen LogP contribution in [0.5, 0.6) is 0 Å². The van der Waals surface area contributed by atoms with E-state index in [0.29, 0.717) is 21.9 Å². The van der Waals surface area contributed by atoms with Crippen molar-refractivity contribution >= 4 is 10.0 Å². The molecule has 0 amide bonds. The van der Waals surface area contributed by atoms with Gasteiger partial charge >= 0.3 is 6.18 Å². The molecule has 1 N–H and O–H groups in total. The summed E-state index contributed by atoms with van der Waals surface area (Å²) < 4.78 is 62.2. The minimum Gasteiger partial charge on any atom is -0.392 e. The molecule has 0 aromatic heterocycles. The molecule has 1 rings (SSSR count). The highest BCUT2D eigenvalue weighted by Gasteiger charge is 2.35. The number of nitrogens with zero attached hydrogens (tertiary/aromatic N) is 1. The molecule has 1 aromatic rings. The first-order valence-electron chi connectivity index (χ1n) is 6.41. The average Bonchev–Trinajstić information content (AvgIpc) is 2.36. The fraction of sp³-hybridized carbons (Fsp3) is 0.538. The molecular formula is C13H18F3NO3S. The summed E-state index contributed by atoms with van der Waals surface area (Å²) in [5.41, 5.74) is 0.866. The van der Waals surface area contributed by atoms with Gasteiger partial charge in [-0.1, -0.05) is 31.2 Å². The summed E-state index contributed by atoms with van der Waals surface area (Å²) in [6, 6.07) is 6.14. The van der Waals surface area contributed by atoms with Crippen LogP contribution in [0, 0.1) is 0 Å². The summed E-state index contributed by atoms with van der Waals surface area (Å²) in [6.45, 7) is -0.301. The quantitative estimate of drug-likeness (QED) is 0.837. The third-order valence-corrected chi connectivity index (χ3v) is 4.54. The summed E-state index contributed by atoms with van der Waals surface area (Å²) in [5, 5.41) is 9.00. The Morgan fingerprint density at radius 3 is 2.38 bits per heavy atom. The van der Waals surface area contributed by atoms with Gasteiger partial charge in [0, 0.05) is 6.54 Å². The maximum atomic E-state index is 12.5. The van der Waals surface area contributed by atoms with Crippen molar-refractivity contribution in [1.82, 2.24) is 4.31 Å². The van der Waals surface area contributed by atoms with Gasteiger partial charge in [-0.3, -0.25) is 0 Å². The van der Waals surface area contributed by atoms with Crippen LogP contribution in [0.3, 0.4) is 0 Å². The van der Waals surface area contributed by atoms with Crippen LogP contribution in [0.15, 0.2) is 24.3 Å². The smallest absolute Gasteiger partial charge is 0.392 e. The van der Waals surface area contributed by atoms with Crippen molar-refractivity contribution in [3.05, 3.63) is 35.4 Å². The number of alkyl halides is 3. The third-order valence-electron chi connectivity index (χ3n) is 2.75. The zero-order valence-electron chi connectivity index (χ0n) is 11.6. The van der Waals surface area contributed by atoms with Crippen LogP contribution in [0.4, 0.5) is 13.2 Å². The van der Waals surface area contributed by atoms with Crippen LogP contribution in [0.2, 0.25) is 0 Å². The molecule has 0 atom stereocenters. The molecular weight excluding hydrogens is 307 g/mol. The van der Waals surface area contributed by atoms with Crippen molar-refractivity contribution in [3.63, 3.8) is 0 Å². The number of aliphatic hydroxyl groups is 1. The molecule has 0 fully saturated rings. The first-order valence-corrected chi connectivity index (χ1v) is 8.02. The molecule has 0 saturated carbocycles. The lowest BCUT2D eigenvalue weighted by molar-refractivity contribution is -0.136. The molecule has 1 aromatic carbocycles. The predicted molar refractivity (Wildman–Crippen MR) is 72.9 cm³/mol. The van der Waals surface area contributed by atoms with Crippen LogP contribution >= 0.6 is 0 Å². The number of halogens is 3. The molecule has 0 heterocycles. The Balaban J connectivity index is 2.94. The van der Waals surface area contributed by atoms with Crippen molar-refractivity contribution in [2.45, 2.75) is 31.9 Å². The Morgan fingerprint density at radius 1 is 1.24 bits per heavy atom. The number of hydrogen-bond donors (Lipinski definition) is 1. The highest BCUT2D eigenvalue weighted by molar-refractivity contribution is 7.88. The van der Waals surface area contributed by atoms with E-state index in [1.807, 2.05) is 0 Å². The summed E-state index contributed by atoms with van der Waals surface area (Å²) >= 11 is 0. The van der Waals surface area contributed by atoms with Crippen molar-refractivity contribution in [2.75, 3.05) is 13.1 Å². The lowest BCUT2D eigenvalue weighted by Crippen LogP contribution is -2.40. The normalized spacial score (nSPS) is 12.9. The van der Waals surface area contributed by atoms with Gasteiger partial charge in [0.2, 0.25) is 10.0 Å². The average molecular weight is 325 g/mol. The molecule has 0 spiro atoms. The molecule has 0 saturated heterocycles. The van der Waals surface area contributed by atoms with E-state index in [-0.39, 0.29) is 13.2 Å². The van der Waals surface area contributed by atoms with Gasteiger partial charge < -0.3 is 5.11 Å². The van der Waals surface area contributed by atoms with Crippen LogP contribution in [0.1, 0.15) is 24.5 Å². The predicted octanol–water partition coefficient (Wildman–Crippen LogP) is 2.28. The maximum absolute atomic E-state index is 12.5. The summed E-state index contributed by atoms with van der Waals surface area (Å²) in [4.78, 5) is 0. The second-order valence-electron chi connectivity index (χ2n) is 4.68. The molecule has 4 nitrogen and oxygen atoms in total. The van der Waals surface area contributed by atoms with Gasteiger partial charge in [0.25, 0.3) is 0 Å². The van der Waals surface area contributed by atoms with E-state index < -0.39 is 28.5 Å². The van der Waals surface area contributed by atoms with Gasteiger partial charge in [-0.2, -0.15) is 17.5 Å². The summed E-state index contributed by atoms with van der Waals surface area (Å²) in [7, 11) is -4.06. The maximum Gasteiger partial charge on any atom is 0.402 e. The molecule has 120 valence electrons. The minimum absolute atomic E-state index is 0.179. The largest absolute Gasteiger partial charge is 0.402 e. The van der Waals surface area contributed by atoms with Crippen molar-refractivity contribution < 1.29 is 26.7 Å². The summed E-state index contributed by atoms with van der Waals surface area (Å²) in [5.74, 6) is -0.517. The first-order chi connectivity index (χ1) is 9.68. The van der Waals surface area contributed by atoms with Crippen molar-refractivity contribution in [3.8, 4) is 0 Å². The topological polar surface area (TPSA) is 57.6 Å². The number of hydrogen-bond acceptors (Lipinski definition) is 3. The van der Waals surface area contributed by atoms with Gasteiger partial charge in [0.15, 0.2) is 0 Å². The second-order valence-corrected chi connectivity index (χ2v) is 6.65. The van der Waals surface area contributed by atoms with Crippen LogP contribution < -0.4 is 0 Å². The Kier molecular flexibility index (Phi) is 6.18. The number of aliphatic hydroxyl groups excluding tert-OH is 1.